The number of rotatable bonds is 5. The number of anilines is 1. The molecule has 0 saturated carbocycles. The zero-order valence-corrected chi connectivity index (χ0v) is 15.2. The van der Waals surface area contributed by atoms with Gasteiger partial charge in [0.05, 0.1) is 19.9 Å². The summed E-state index contributed by atoms with van der Waals surface area (Å²) in [7, 11) is 3.08. The summed E-state index contributed by atoms with van der Waals surface area (Å²) in [5.41, 5.74) is 1.45. The fourth-order valence-corrected chi connectivity index (χ4v) is 3.43. The number of hydrogen-bond donors (Lipinski definition) is 1. The van der Waals surface area contributed by atoms with Gasteiger partial charge in [0, 0.05) is 10.4 Å². The molecule has 0 radical (unpaired) electrons. The van der Waals surface area contributed by atoms with Crippen LogP contribution in [0.5, 0.6) is 11.5 Å². The van der Waals surface area contributed by atoms with Crippen molar-refractivity contribution < 1.29 is 14.3 Å². The van der Waals surface area contributed by atoms with Crippen LogP contribution in [0.3, 0.4) is 0 Å². The lowest BCUT2D eigenvalue weighted by Crippen LogP contribution is -2.12. The maximum Gasteiger partial charge on any atom is 0.257 e. The number of halogens is 1. The number of aromatic nitrogens is 1. The first-order valence-electron chi connectivity index (χ1n) is 6.69. The van der Waals surface area contributed by atoms with Gasteiger partial charge in [0.2, 0.25) is 0 Å². The maximum absolute atomic E-state index is 12.4. The van der Waals surface area contributed by atoms with Crippen LogP contribution in [-0.4, -0.2) is 25.1 Å². The molecule has 1 aromatic heterocycles. The van der Waals surface area contributed by atoms with Crippen molar-refractivity contribution >= 4 is 38.3 Å². The van der Waals surface area contributed by atoms with Crippen molar-refractivity contribution in [1.29, 1.82) is 0 Å². The molecule has 118 valence electrons. The zero-order chi connectivity index (χ0) is 16.3. The second kappa shape index (κ2) is 7.11. The van der Waals surface area contributed by atoms with Crippen molar-refractivity contribution in [1.82, 2.24) is 4.98 Å². The second-order valence-electron chi connectivity index (χ2n) is 4.52. The Morgan fingerprint density at radius 1 is 1.32 bits per heavy atom. The van der Waals surface area contributed by atoms with Gasteiger partial charge in [-0.15, -0.1) is 11.3 Å². The molecule has 1 N–H and O–H groups in total. The highest BCUT2D eigenvalue weighted by atomic mass is 79.9. The minimum absolute atomic E-state index is 0.250. The van der Waals surface area contributed by atoms with E-state index in [1.807, 2.05) is 13.8 Å². The number of methoxy groups -OCH3 is 2. The third kappa shape index (κ3) is 3.41. The van der Waals surface area contributed by atoms with Crippen molar-refractivity contribution in [3.8, 4) is 11.5 Å². The molecule has 1 amide bonds. The van der Waals surface area contributed by atoms with E-state index in [2.05, 4.69) is 26.2 Å². The largest absolute Gasteiger partial charge is 0.495 e. The smallest absolute Gasteiger partial charge is 0.257 e. The van der Waals surface area contributed by atoms with E-state index in [9.17, 15) is 4.79 Å². The number of nitrogens with one attached hydrogen (secondary N) is 1. The number of hydrogen-bond acceptors (Lipinski definition) is 5. The fraction of sp³-hybridized carbons (Fsp3) is 0.333. The van der Waals surface area contributed by atoms with Gasteiger partial charge in [-0.2, -0.15) is 0 Å². The Morgan fingerprint density at radius 3 is 2.36 bits per heavy atom. The molecule has 22 heavy (non-hydrogen) atoms. The van der Waals surface area contributed by atoms with Crippen molar-refractivity contribution in [2.24, 2.45) is 0 Å². The molecule has 5 nitrogen and oxygen atoms in total. The molecule has 0 aliphatic heterocycles. The van der Waals surface area contributed by atoms with Crippen LogP contribution in [0.25, 0.3) is 0 Å². The summed E-state index contributed by atoms with van der Waals surface area (Å²) in [4.78, 5) is 17.9. The summed E-state index contributed by atoms with van der Waals surface area (Å²) < 4.78 is 11.2. The molecule has 0 aliphatic rings. The van der Waals surface area contributed by atoms with Gasteiger partial charge in [0.25, 0.3) is 5.91 Å². The van der Waals surface area contributed by atoms with Crippen LogP contribution in [0.4, 0.5) is 5.13 Å². The van der Waals surface area contributed by atoms with Crippen molar-refractivity contribution in [2.45, 2.75) is 20.3 Å². The molecular weight excluding hydrogens is 368 g/mol. The van der Waals surface area contributed by atoms with Gasteiger partial charge in [0.15, 0.2) is 5.13 Å². The van der Waals surface area contributed by atoms with Crippen LogP contribution in [0.15, 0.2) is 16.6 Å². The van der Waals surface area contributed by atoms with E-state index < -0.39 is 0 Å². The van der Waals surface area contributed by atoms with Crippen molar-refractivity contribution in [3.63, 3.8) is 0 Å². The Kier molecular flexibility index (Phi) is 5.42. The third-order valence-corrected chi connectivity index (χ3v) is 4.87. The Morgan fingerprint density at radius 2 is 1.91 bits per heavy atom. The highest BCUT2D eigenvalue weighted by Gasteiger charge is 2.16. The summed E-state index contributed by atoms with van der Waals surface area (Å²) >= 11 is 4.85. The van der Waals surface area contributed by atoms with Gasteiger partial charge in [-0.25, -0.2) is 4.98 Å². The molecule has 0 aliphatic carbocycles. The van der Waals surface area contributed by atoms with Gasteiger partial charge >= 0.3 is 0 Å². The van der Waals surface area contributed by atoms with Gasteiger partial charge in [0.1, 0.15) is 16.0 Å². The monoisotopic (exact) mass is 384 g/mol. The normalized spacial score (nSPS) is 10.4. The van der Waals surface area contributed by atoms with Crippen molar-refractivity contribution in [2.75, 3.05) is 19.5 Å². The summed E-state index contributed by atoms with van der Waals surface area (Å²) in [5, 5.41) is 3.42. The fourth-order valence-electron chi connectivity index (χ4n) is 1.98. The minimum atomic E-state index is -0.250. The highest BCUT2D eigenvalue weighted by molar-refractivity contribution is 9.10. The molecule has 0 bridgehead atoms. The molecule has 7 heteroatoms. The molecule has 0 atom stereocenters. The van der Waals surface area contributed by atoms with Gasteiger partial charge in [-0.3, -0.25) is 10.1 Å². The number of carbonyl (C=O) groups is 1. The predicted molar refractivity (Wildman–Crippen MR) is 91.4 cm³/mol. The minimum Gasteiger partial charge on any atom is -0.495 e. The van der Waals surface area contributed by atoms with Crippen LogP contribution in [0.1, 0.15) is 27.9 Å². The number of nitrogens with zero attached hydrogens (tertiary/aromatic N) is 1. The topological polar surface area (TPSA) is 60.5 Å². The quantitative estimate of drug-likeness (QED) is 0.844. The van der Waals surface area contributed by atoms with Gasteiger partial charge in [-0.05, 0) is 41.4 Å². The van der Waals surface area contributed by atoms with E-state index in [1.54, 1.807) is 26.4 Å². The number of carbonyl (C=O) groups excluding carboxylic acids is 1. The summed E-state index contributed by atoms with van der Waals surface area (Å²) in [6, 6.07) is 3.31. The number of thiazole rings is 1. The average Bonchev–Trinajstić information content (AvgIpc) is 2.86. The van der Waals surface area contributed by atoms with Gasteiger partial charge in [-0.1, -0.05) is 6.92 Å². The van der Waals surface area contributed by atoms with E-state index in [0.717, 1.165) is 17.0 Å². The number of ether oxygens (including phenoxy) is 2. The van der Waals surface area contributed by atoms with Crippen LogP contribution in [0, 0.1) is 6.92 Å². The van der Waals surface area contributed by atoms with E-state index >= 15 is 0 Å². The highest BCUT2D eigenvalue weighted by Crippen LogP contribution is 2.36. The van der Waals surface area contributed by atoms with E-state index in [4.69, 9.17) is 9.47 Å². The lowest BCUT2D eigenvalue weighted by Gasteiger charge is -2.11. The summed E-state index contributed by atoms with van der Waals surface area (Å²) in [6.07, 6.45) is 0.845. The Hall–Kier alpha value is -1.60. The molecule has 1 heterocycles. The zero-order valence-electron chi connectivity index (χ0n) is 12.8. The number of benzene rings is 1. The Balaban J connectivity index is 2.28. The summed E-state index contributed by atoms with van der Waals surface area (Å²) in [5.74, 6) is 0.823. The Labute approximate surface area is 141 Å². The van der Waals surface area contributed by atoms with E-state index in [0.29, 0.717) is 26.7 Å². The maximum atomic E-state index is 12.4. The van der Waals surface area contributed by atoms with Crippen LogP contribution in [-0.2, 0) is 6.42 Å². The Bertz CT molecular complexity index is 675. The number of amides is 1. The van der Waals surface area contributed by atoms with Crippen molar-refractivity contribution in [3.05, 3.63) is 32.7 Å². The molecule has 0 unspecified atom stereocenters. The predicted octanol–water partition coefficient (Wildman–Crippen LogP) is 4.05. The first kappa shape index (κ1) is 16.8. The second-order valence-corrected chi connectivity index (χ2v) is 6.52. The molecule has 0 saturated heterocycles. The third-order valence-electron chi connectivity index (χ3n) is 3.16. The van der Waals surface area contributed by atoms with Gasteiger partial charge < -0.3 is 9.47 Å². The van der Waals surface area contributed by atoms with Crippen LogP contribution < -0.4 is 14.8 Å². The SMILES string of the molecule is CCc1nc(NC(=O)c2cc(OC)c(Br)c(OC)c2)sc1C. The molecule has 0 fully saturated rings. The standard InChI is InChI=1S/C15H17BrN2O3S/c1-5-10-8(2)22-15(17-10)18-14(19)9-6-11(20-3)13(16)12(7-9)21-4/h6-7H,5H2,1-4H3,(H,17,18,19). The lowest BCUT2D eigenvalue weighted by atomic mass is 10.2. The first-order valence-corrected chi connectivity index (χ1v) is 8.30. The van der Waals surface area contributed by atoms with E-state index in [-0.39, 0.29) is 5.91 Å². The van der Waals surface area contributed by atoms with Crippen LogP contribution in [0.2, 0.25) is 0 Å². The van der Waals surface area contributed by atoms with Crippen LogP contribution >= 0.6 is 27.3 Å². The average molecular weight is 385 g/mol. The molecule has 1 aromatic carbocycles. The van der Waals surface area contributed by atoms with E-state index in [1.165, 1.54) is 11.3 Å². The first-order chi connectivity index (χ1) is 10.5. The summed E-state index contributed by atoms with van der Waals surface area (Å²) in [6.45, 7) is 4.04. The lowest BCUT2D eigenvalue weighted by molar-refractivity contribution is 0.102. The molecule has 2 rings (SSSR count). The molecular formula is C15H17BrN2O3S. The number of aryl methyl sites for hydroxylation is 2. The molecule has 2 aromatic rings. The molecule has 0 spiro atoms.